The topological polar surface area (TPSA) is 107 Å². The van der Waals surface area contributed by atoms with E-state index in [4.69, 9.17) is 10.2 Å². The third-order valence-electron chi connectivity index (χ3n) is 2.40. The molecule has 0 saturated carbocycles. The van der Waals surface area contributed by atoms with Gasteiger partial charge < -0.3 is 19.2 Å². The van der Waals surface area contributed by atoms with Crippen molar-refractivity contribution in [1.82, 2.24) is 0 Å². The molecule has 0 heterocycles. The van der Waals surface area contributed by atoms with Crippen molar-refractivity contribution in [3.05, 3.63) is 0 Å². The smallest absolute Gasteiger partial charge is 0.217 e. The van der Waals surface area contributed by atoms with Gasteiger partial charge in [-0.25, -0.2) is 8.42 Å². The number of likely N-dealkylation sites (N-methyl/N-ethyl adjacent to an activating group) is 1. The summed E-state index contributed by atoms with van der Waals surface area (Å²) in [5.41, 5.74) is 0. The molecular weight excluding hydrogens is 250 g/mol. The second-order valence-corrected chi connectivity index (χ2v) is 5.57. The second kappa shape index (κ2) is 7.96. The summed E-state index contributed by atoms with van der Waals surface area (Å²) >= 11 is 0. The lowest BCUT2D eigenvalue weighted by atomic mass is 10.2. The molecule has 106 valence electrons. The minimum absolute atomic E-state index is 0.166. The first-order chi connectivity index (χ1) is 7.46. The van der Waals surface area contributed by atoms with Crippen molar-refractivity contribution >= 4 is 10.4 Å². The summed E-state index contributed by atoms with van der Waals surface area (Å²) in [6.45, 7) is 4.59. The van der Waals surface area contributed by atoms with Crippen LogP contribution in [0, 0.1) is 0 Å². The summed E-state index contributed by atoms with van der Waals surface area (Å²) in [5, 5.41) is 18.0. The van der Waals surface area contributed by atoms with Crippen molar-refractivity contribution in [3.8, 4) is 0 Å². The number of aliphatic hydroxyl groups is 2. The van der Waals surface area contributed by atoms with E-state index in [0.29, 0.717) is 11.0 Å². The summed E-state index contributed by atoms with van der Waals surface area (Å²) in [6.07, 6.45) is -0.306. The van der Waals surface area contributed by atoms with E-state index in [1.54, 1.807) is 6.92 Å². The molecule has 2 N–H and O–H groups in total. The van der Waals surface area contributed by atoms with Crippen LogP contribution >= 0.6 is 0 Å². The first-order valence-corrected chi connectivity index (χ1v) is 6.42. The first-order valence-electron chi connectivity index (χ1n) is 5.09. The Bertz CT molecular complexity index is 288. The van der Waals surface area contributed by atoms with Crippen LogP contribution < -0.4 is 0 Å². The normalized spacial score (nSPS) is 15.8. The number of hydrogen-bond acceptors (Lipinski definition) is 6. The molecule has 0 aromatic rings. The maximum absolute atomic E-state index is 9.22. The van der Waals surface area contributed by atoms with Crippen molar-refractivity contribution in [2.75, 3.05) is 34.4 Å². The minimum atomic E-state index is -4.41. The lowest BCUT2D eigenvalue weighted by Crippen LogP contribution is -2.52. The lowest BCUT2D eigenvalue weighted by Gasteiger charge is -2.36. The lowest BCUT2D eigenvalue weighted by molar-refractivity contribution is -0.916. The molecule has 0 fully saturated rings. The number of hydrogen-bond donors (Lipinski definition) is 2. The Balaban J connectivity index is 0. The molecule has 0 saturated heterocycles. The first kappa shape index (κ1) is 19.1. The van der Waals surface area contributed by atoms with Gasteiger partial charge in [-0.05, 0) is 13.8 Å². The Morgan fingerprint density at radius 1 is 1.35 bits per heavy atom. The molecule has 7 nitrogen and oxygen atoms in total. The van der Waals surface area contributed by atoms with E-state index < -0.39 is 10.4 Å². The average Bonchev–Trinajstić information content (AvgIpc) is 2.14. The molecule has 0 rings (SSSR count). The van der Waals surface area contributed by atoms with E-state index in [9.17, 15) is 13.0 Å². The zero-order valence-electron chi connectivity index (χ0n) is 11.0. The third kappa shape index (κ3) is 12.0. The maximum Gasteiger partial charge on any atom is 0.217 e. The van der Waals surface area contributed by atoms with Crippen molar-refractivity contribution in [2.45, 2.75) is 26.0 Å². The highest BCUT2D eigenvalue weighted by atomic mass is 32.3. The van der Waals surface area contributed by atoms with Crippen LogP contribution in [-0.4, -0.2) is 74.2 Å². The zero-order valence-corrected chi connectivity index (χ0v) is 11.8. The van der Waals surface area contributed by atoms with Crippen molar-refractivity contribution in [3.63, 3.8) is 0 Å². The van der Waals surface area contributed by atoms with E-state index in [1.807, 2.05) is 21.0 Å². The highest BCUT2D eigenvalue weighted by molar-refractivity contribution is 7.80. The number of nitrogens with zero attached hydrogens (tertiary/aromatic N) is 1. The van der Waals surface area contributed by atoms with Crippen molar-refractivity contribution < 1.29 is 31.8 Å². The van der Waals surface area contributed by atoms with Crippen LogP contribution in [0.5, 0.6) is 0 Å². The Hall–Kier alpha value is -0.250. The van der Waals surface area contributed by atoms with Crippen LogP contribution in [0.15, 0.2) is 0 Å². The average molecular weight is 273 g/mol. The molecule has 8 heteroatoms. The number of aliphatic hydroxyl groups excluding tert-OH is 2. The van der Waals surface area contributed by atoms with E-state index in [0.717, 1.165) is 7.11 Å². The molecule has 0 bridgehead atoms. The Morgan fingerprint density at radius 2 is 1.71 bits per heavy atom. The summed E-state index contributed by atoms with van der Waals surface area (Å²) in [7, 11) is 0.411. The predicted octanol–water partition coefficient (Wildman–Crippen LogP) is -1.08. The molecule has 0 aromatic carbocycles. The van der Waals surface area contributed by atoms with E-state index in [2.05, 4.69) is 4.18 Å². The summed E-state index contributed by atoms with van der Waals surface area (Å²) in [6, 6.07) is 0.185. The highest BCUT2D eigenvalue weighted by Gasteiger charge is 2.24. The van der Waals surface area contributed by atoms with Crippen molar-refractivity contribution in [1.29, 1.82) is 0 Å². The molecule has 0 aliphatic rings. The summed E-state index contributed by atoms with van der Waals surface area (Å²) in [5.74, 6) is 0. The fourth-order valence-electron chi connectivity index (χ4n) is 1.08. The van der Waals surface area contributed by atoms with Crippen LogP contribution in [0.3, 0.4) is 0 Å². The van der Waals surface area contributed by atoms with E-state index >= 15 is 0 Å². The van der Waals surface area contributed by atoms with Gasteiger partial charge in [-0.2, -0.15) is 0 Å². The third-order valence-corrected chi connectivity index (χ3v) is 2.80. The molecule has 17 heavy (non-hydrogen) atoms. The van der Waals surface area contributed by atoms with Gasteiger partial charge in [0.2, 0.25) is 10.4 Å². The van der Waals surface area contributed by atoms with Crippen LogP contribution in [0.2, 0.25) is 0 Å². The van der Waals surface area contributed by atoms with Gasteiger partial charge in [-0.1, -0.05) is 0 Å². The molecule has 2 unspecified atom stereocenters. The Labute approximate surface area is 103 Å². The minimum Gasteiger partial charge on any atom is -0.726 e. The fraction of sp³-hybridized carbons (Fsp3) is 1.00. The summed E-state index contributed by atoms with van der Waals surface area (Å²) < 4.78 is 31.7. The van der Waals surface area contributed by atoms with Crippen LogP contribution in [0.4, 0.5) is 0 Å². The van der Waals surface area contributed by atoms with Gasteiger partial charge in [0, 0.05) is 0 Å². The standard InChI is InChI=1S/C8H20NO2.CH4O4S/c1-7(6-10)9(3,4)5-8(2)11;1-5-6(2,3)4/h7-8,10-11H,5-6H2,1-4H3;1H3,(H,2,3,4)/q+1;/p-1. The fourth-order valence-corrected chi connectivity index (χ4v) is 1.08. The Kier molecular flexibility index (Phi) is 8.94. The SMILES string of the molecule is CC(O)C[N+](C)(C)C(C)CO.COS(=O)(=O)[O-]. The van der Waals surface area contributed by atoms with Gasteiger partial charge in [0.1, 0.15) is 18.7 Å². The molecule has 0 aliphatic carbocycles. The van der Waals surface area contributed by atoms with E-state index in [1.165, 1.54) is 0 Å². The van der Waals surface area contributed by atoms with E-state index in [-0.39, 0.29) is 18.8 Å². The monoisotopic (exact) mass is 273 g/mol. The second-order valence-electron chi connectivity index (χ2n) is 4.42. The molecule has 0 amide bonds. The van der Waals surface area contributed by atoms with Gasteiger partial charge in [-0.3, -0.25) is 4.18 Å². The molecular formula is C9H23NO6S. The van der Waals surface area contributed by atoms with Gasteiger partial charge in [0.05, 0.1) is 27.8 Å². The van der Waals surface area contributed by atoms with Gasteiger partial charge >= 0.3 is 0 Å². The van der Waals surface area contributed by atoms with Gasteiger partial charge in [0.25, 0.3) is 0 Å². The largest absolute Gasteiger partial charge is 0.726 e. The highest BCUT2D eigenvalue weighted by Crippen LogP contribution is 2.06. The molecule has 0 aromatic heterocycles. The van der Waals surface area contributed by atoms with Crippen LogP contribution in [-0.2, 0) is 14.6 Å². The summed E-state index contributed by atoms with van der Waals surface area (Å²) in [4.78, 5) is 0. The quantitative estimate of drug-likeness (QED) is 0.375. The van der Waals surface area contributed by atoms with Crippen molar-refractivity contribution in [2.24, 2.45) is 0 Å². The Morgan fingerprint density at radius 3 is 1.88 bits per heavy atom. The molecule has 0 aliphatic heterocycles. The number of quaternary nitrogens is 1. The molecule has 0 radical (unpaired) electrons. The van der Waals surface area contributed by atoms with Crippen LogP contribution in [0.1, 0.15) is 13.8 Å². The molecule has 2 atom stereocenters. The molecule has 0 spiro atoms. The van der Waals surface area contributed by atoms with Gasteiger partial charge in [0.15, 0.2) is 0 Å². The van der Waals surface area contributed by atoms with Gasteiger partial charge in [-0.15, -0.1) is 0 Å². The maximum atomic E-state index is 9.22. The number of rotatable bonds is 5. The zero-order chi connectivity index (χ0) is 14.3. The predicted molar refractivity (Wildman–Crippen MR) is 61.9 cm³/mol. The van der Waals surface area contributed by atoms with Crippen LogP contribution in [0.25, 0.3) is 0 Å².